The Morgan fingerprint density at radius 2 is 2.03 bits per heavy atom. The van der Waals surface area contributed by atoms with Crippen LogP contribution in [0.4, 0.5) is 5.82 Å². The van der Waals surface area contributed by atoms with Crippen molar-refractivity contribution in [3.05, 3.63) is 41.2 Å². The number of aromatic nitrogens is 2. The van der Waals surface area contributed by atoms with E-state index in [0.29, 0.717) is 5.02 Å². The highest BCUT2D eigenvalue weighted by atomic mass is 35.5. The van der Waals surface area contributed by atoms with Gasteiger partial charge in [0, 0.05) is 36.6 Å². The summed E-state index contributed by atoms with van der Waals surface area (Å²) < 4.78 is 5.81. The van der Waals surface area contributed by atoms with Gasteiger partial charge in [0.15, 0.2) is 0 Å². The number of ether oxygens (including phenoxy) is 1. The van der Waals surface area contributed by atoms with E-state index >= 15 is 0 Å². The summed E-state index contributed by atoms with van der Waals surface area (Å²) >= 11 is 6.40. The number of hydrogen-bond acceptors (Lipinski definition) is 5. The van der Waals surface area contributed by atoms with Gasteiger partial charge in [0.1, 0.15) is 12.4 Å². The van der Waals surface area contributed by atoms with Crippen LogP contribution in [0, 0.1) is 6.92 Å². The minimum atomic E-state index is -0.242. The number of anilines is 1. The quantitative estimate of drug-likeness (QED) is 0.797. The third kappa shape index (κ3) is 5.90. The fraction of sp³-hybridized carbons (Fsp3) is 0.500. The maximum Gasteiger partial charge on any atom is 0.246 e. The highest BCUT2D eigenvalue weighted by Gasteiger charge is 2.23. The number of pyridine rings is 2. The van der Waals surface area contributed by atoms with E-state index < -0.39 is 0 Å². The predicted molar refractivity (Wildman–Crippen MR) is 116 cm³/mol. The molecule has 0 aromatic carbocycles. The standard InChI is InChI=1S/C22H29ClN4O2/c1-15-6-5-9-24-21(15)17-12-19(25-13-18(17)23)27-10-7-16(8-11-27)29-14-20(28)26-22(2,3)4/h5-6,9,12-13,16H,7-8,10-11,14H2,1-4H3,(H,26,28). The largest absolute Gasteiger partial charge is 0.368 e. The first-order chi connectivity index (χ1) is 13.7. The molecule has 1 saturated heterocycles. The first kappa shape index (κ1) is 21.5. The molecule has 3 heterocycles. The van der Waals surface area contributed by atoms with Gasteiger partial charge in [0.05, 0.1) is 16.8 Å². The number of rotatable bonds is 5. The molecule has 0 aliphatic carbocycles. The van der Waals surface area contributed by atoms with Crippen molar-refractivity contribution in [1.82, 2.24) is 15.3 Å². The molecule has 1 amide bonds. The molecule has 6 nitrogen and oxygen atoms in total. The minimum absolute atomic E-state index is 0.0744. The molecule has 7 heteroatoms. The Morgan fingerprint density at radius 3 is 2.69 bits per heavy atom. The van der Waals surface area contributed by atoms with Crippen molar-refractivity contribution in [2.24, 2.45) is 0 Å². The van der Waals surface area contributed by atoms with Crippen molar-refractivity contribution in [2.75, 3.05) is 24.6 Å². The Balaban J connectivity index is 1.59. The average molecular weight is 417 g/mol. The van der Waals surface area contributed by atoms with E-state index in [-0.39, 0.29) is 24.2 Å². The molecule has 156 valence electrons. The third-order valence-corrected chi connectivity index (χ3v) is 5.14. The Labute approximate surface area is 177 Å². The number of aryl methyl sites for hydroxylation is 1. The molecular weight excluding hydrogens is 388 g/mol. The van der Waals surface area contributed by atoms with Gasteiger partial charge in [-0.2, -0.15) is 0 Å². The summed E-state index contributed by atoms with van der Waals surface area (Å²) in [5.41, 5.74) is 2.61. The lowest BCUT2D eigenvalue weighted by Crippen LogP contribution is -2.44. The normalized spacial score (nSPS) is 15.4. The van der Waals surface area contributed by atoms with E-state index in [4.69, 9.17) is 16.3 Å². The molecule has 1 aliphatic rings. The van der Waals surface area contributed by atoms with Crippen molar-refractivity contribution in [3.8, 4) is 11.3 Å². The highest BCUT2D eigenvalue weighted by molar-refractivity contribution is 6.33. The second-order valence-electron chi connectivity index (χ2n) is 8.49. The van der Waals surface area contributed by atoms with Gasteiger partial charge >= 0.3 is 0 Å². The number of piperidine rings is 1. The van der Waals surface area contributed by atoms with Crippen molar-refractivity contribution in [2.45, 2.75) is 52.2 Å². The maximum atomic E-state index is 11.9. The molecule has 0 saturated carbocycles. The molecule has 0 spiro atoms. The van der Waals surface area contributed by atoms with Crippen LogP contribution in [-0.2, 0) is 9.53 Å². The predicted octanol–water partition coefficient (Wildman–Crippen LogP) is 4.01. The number of nitrogens with one attached hydrogen (secondary N) is 1. The van der Waals surface area contributed by atoms with E-state index in [1.54, 1.807) is 12.4 Å². The van der Waals surface area contributed by atoms with E-state index in [1.807, 2.05) is 45.9 Å². The van der Waals surface area contributed by atoms with Crippen molar-refractivity contribution in [3.63, 3.8) is 0 Å². The lowest BCUT2D eigenvalue weighted by molar-refractivity contribution is -0.129. The topological polar surface area (TPSA) is 67.4 Å². The molecule has 0 atom stereocenters. The lowest BCUT2D eigenvalue weighted by Gasteiger charge is -2.33. The van der Waals surface area contributed by atoms with Gasteiger partial charge in [-0.05, 0) is 58.2 Å². The van der Waals surface area contributed by atoms with Gasteiger partial charge in [-0.25, -0.2) is 4.98 Å². The minimum Gasteiger partial charge on any atom is -0.368 e. The maximum absolute atomic E-state index is 11.9. The summed E-state index contributed by atoms with van der Waals surface area (Å²) in [6.45, 7) is 9.65. The van der Waals surface area contributed by atoms with E-state index in [1.165, 1.54) is 0 Å². The smallest absolute Gasteiger partial charge is 0.246 e. The van der Waals surface area contributed by atoms with Crippen LogP contribution >= 0.6 is 11.6 Å². The summed E-state index contributed by atoms with van der Waals surface area (Å²) in [5, 5.41) is 3.52. The van der Waals surface area contributed by atoms with Crippen LogP contribution in [0.5, 0.6) is 0 Å². The van der Waals surface area contributed by atoms with Gasteiger partial charge in [-0.15, -0.1) is 0 Å². The summed E-state index contributed by atoms with van der Waals surface area (Å²) in [6, 6.07) is 5.95. The van der Waals surface area contributed by atoms with E-state index in [9.17, 15) is 4.79 Å². The van der Waals surface area contributed by atoms with Gasteiger partial charge in [0.2, 0.25) is 5.91 Å². The molecule has 0 bridgehead atoms. The Kier molecular flexibility index (Phi) is 6.75. The van der Waals surface area contributed by atoms with Crippen molar-refractivity contribution in [1.29, 1.82) is 0 Å². The summed E-state index contributed by atoms with van der Waals surface area (Å²) in [6.07, 6.45) is 5.26. The number of amides is 1. The fourth-order valence-electron chi connectivity index (χ4n) is 3.45. The highest BCUT2D eigenvalue weighted by Crippen LogP contribution is 2.31. The molecule has 2 aromatic rings. The fourth-order valence-corrected chi connectivity index (χ4v) is 3.64. The lowest BCUT2D eigenvalue weighted by atomic mass is 10.1. The molecule has 1 aliphatic heterocycles. The molecule has 0 unspecified atom stereocenters. The van der Waals surface area contributed by atoms with Gasteiger partial charge in [0.25, 0.3) is 0 Å². The van der Waals surface area contributed by atoms with E-state index in [2.05, 4.69) is 20.2 Å². The molecular formula is C22H29ClN4O2. The summed E-state index contributed by atoms with van der Waals surface area (Å²) in [4.78, 5) is 23.2. The van der Waals surface area contributed by atoms with Gasteiger partial charge < -0.3 is 15.0 Å². The SMILES string of the molecule is Cc1cccnc1-c1cc(N2CCC(OCC(=O)NC(C)(C)C)CC2)ncc1Cl. The number of halogens is 1. The van der Waals surface area contributed by atoms with Crippen LogP contribution in [0.3, 0.4) is 0 Å². The molecule has 2 aromatic heterocycles. The van der Waals surface area contributed by atoms with Gasteiger partial charge in [-0.3, -0.25) is 9.78 Å². The van der Waals surface area contributed by atoms with E-state index in [0.717, 1.165) is 48.6 Å². The van der Waals surface area contributed by atoms with Crippen LogP contribution < -0.4 is 10.2 Å². The molecule has 3 rings (SSSR count). The number of carbonyl (C=O) groups excluding carboxylic acids is 1. The van der Waals surface area contributed by atoms with Crippen molar-refractivity contribution < 1.29 is 9.53 Å². The average Bonchev–Trinajstić information content (AvgIpc) is 2.67. The zero-order valence-corrected chi connectivity index (χ0v) is 18.3. The number of nitrogens with zero attached hydrogens (tertiary/aromatic N) is 3. The van der Waals surface area contributed by atoms with Crippen LogP contribution in [0.15, 0.2) is 30.6 Å². The summed E-state index contributed by atoms with van der Waals surface area (Å²) in [7, 11) is 0. The molecule has 1 N–H and O–H groups in total. The number of carbonyl (C=O) groups is 1. The first-order valence-corrected chi connectivity index (χ1v) is 10.4. The van der Waals surface area contributed by atoms with Crippen LogP contribution in [-0.4, -0.2) is 47.2 Å². The van der Waals surface area contributed by atoms with Gasteiger partial charge in [-0.1, -0.05) is 17.7 Å². The summed E-state index contributed by atoms with van der Waals surface area (Å²) in [5.74, 6) is 0.813. The Hall–Kier alpha value is -2.18. The second-order valence-corrected chi connectivity index (χ2v) is 8.89. The molecule has 29 heavy (non-hydrogen) atoms. The van der Waals surface area contributed by atoms with Crippen LogP contribution in [0.2, 0.25) is 5.02 Å². The zero-order chi connectivity index (χ0) is 21.0. The first-order valence-electron chi connectivity index (χ1n) is 9.98. The Morgan fingerprint density at radius 1 is 1.31 bits per heavy atom. The Bertz CT molecular complexity index is 858. The van der Waals surface area contributed by atoms with Crippen molar-refractivity contribution >= 4 is 23.3 Å². The number of hydrogen-bond donors (Lipinski definition) is 1. The molecule has 0 radical (unpaired) electrons. The van der Waals surface area contributed by atoms with Crippen LogP contribution in [0.25, 0.3) is 11.3 Å². The van der Waals surface area contributed by atoms with Crippen LogP contribution in [0.1, 0.15) is 39.2 Å². The second kappa shape index (κ2) is 9.09. The zero-order valence-electron chi connectivity index (χ0n) is 17.5. The monoisotopic (exact) mass is 416 g/mol. The molecule has 1 fully saturated rings. The third-order valence-electron chi connectivity index (χ3n) is 4.84.